The molecule has 11 heteroatoms. The van der Waals surface area contributed by atoms with Crippen molar-refractivity contribution in [2.75, 3.05) is 31.7 Å². The number of benzene rings is 1. The summed E-state index contributed by atoms with van der Waals surface area (Å²) in [6, 6.07) is 3.17. The van der Waals surface area contributed by atoms with Crippen LogP contribution < -0.4 is 5.32 Å². The maximum atomic E-state index is 14.6. The van der Waals surface area contributed by atoms with Crippen LogP contribution in [0.4, 0.5) is 10.1 Å². The summed E-state index contributed by atoms with van der Waals surface area (Å²) in [6.45, 7) is 7.26. The van der Waals surface area contributed by atoms with Gasteiger partial charge in [-0.1, -0.05) is 0 Å². The third-order valence-electron chi connectivity index (χ3n) is 8.36. The molecule has 220 valence electrons. The molecule has 2 aliphatic heterocycles. The highest BCUT2D eigenvalue weighted by molar-refractivity contribution is 5.98. The van der Waals surface area contributed by atoms with Gasteiger partial charge in [0.25, 0.3) is 11.8 Å². The van der Waals surface area contributed by atoms with Crippen LogP contribution in [0.2, 0.25) is 0 Å². The Morgan fingerprint density at radius 1 is 1.22 bits per heavy atom. The zero-order valence-corrected chi connectivity index (χ0v) is 24.2. The van der Waals surface area contributed by atoms with E-state index in [1.807, 2.05) is 31.7 Å². The van der Waals surface area contributed by atoms with E-state index in [-0.39, 0.29) is 23.7 Å². The van der Waals surface area contributed by atoms with Crippen molar-refractivity contribution in [3.8, 4) is 0 Å². The van der Waals surface area contributed by atoms with E-state index in [1.54, 1.807) is 30.3 Å². The molecule has 3 atom stereocenters. The lowest BCUT2D eigenvalue weighted by molar-refractivity contribution is -0.155. The highest BCUT2D eigenvalue weighted by atomic mass is 19.1. The van der Waals surface area contributed by atoms with Gasteiger partial charge in [0.05, 0.1) is 17.9 Å². The topological polar surface area (TPSA) is 104 Å². The van der Waals surface area contributed by atoms with Gasteiger partial charge in [0, 0.05) is 57.9 Å². The van der Waals surface area contributed by atoms with Crippen molar-refractivity contribution in [2.24, 2.45) is 13.0 Å². The first-order valence-corrected chi connectivity index (χ1v) is 14.3. The van der Waals surface area contributed by atoms with Gasteiger partial charge in [0.15, 0.2) is 6.04 Å². The zero-order chi connectivity index (χ0) is 29.1. The third-order valence-corrected chi connectivity index (χ3v) is 8.36. The van der Waals surface area contributed by atoms with Crippen LogP contribution in [0.3, 0.4) is 0 Å². The fraction of sp³-hybridized carbons (Fsp3) is 0.533. The molecule has 0 saturated carbocycles. The van der Waals surface area contributed by atoms with Gasteiger partial charge in [-0.25, -0.2) is 14.4 Å². The molecule has 1 fully saturated rings. The maximum absolute atomic E-state index is 14.6. The lowest BCUT2D eigenvalue weighted by Crippen LogP contribution is -2.51. The van der Waals surface area contributed by atoms with Crippen molar-refractivity contribution in [1.82, 2.24) is 24.0 Å². The van der Waals surface area contributed by atoms with Gasteiger partial charge in [-0.05, 0) is 69.7 Å². The molecule has 1 N–H and O–H groups in total. The SMILES string of the molecule is CCOC(C(=O)N(C[C@@H]1CCc2nccn21)C(C(=O)Nc1ccc(F)cc1C)c1cnc(C)n1C)C1CCOCC1. The number of imidazole rings is 2. The quantitative estimate of drug-likeness (QED) is 0.399. The summed E-state index contributed by atoms with van der Waals surface area (Å²) >= 11 is 0. The molecule has 2 aromatic heterocycles. The average Bonchev–Trinajstić information content (AvgIpc) is 3.67. The number of anilines is 1. The first-order valence-electron chi connectivity index (χ1n) is 14.3. The fourth-order valence-corrected chi connectivity index (χ4v) is 5.98. The third kappa shape index (κ3) is 6.06. The number of carbonyl (C=O) groups excluding carboxylic acids is 2. The lowest BCUT2D eigenvalue weighted by atomic mass is 9.92. The van der Waals surface area contributed by atoms with Gasteiger partial charge < -0.3 is 28.8 Å². The zero-order valence-electron chi connectivity index (χ0n) is 24.2. The minimum absolute atomic E-state index is 0.0255. The molecule has 4 heterocycles. The van der Waals surface area contributed by atoms with Crippen molar-refractivity contribution in [2.45, 2.75) is 64.6 Å². The van der Waals surface area contributed by atoms with Crippen molar-refractivity contribution >= 4 is 17.5 Å². The maximum Gasteiger partial charge on any atom is 0.253 e. The van der Waals surface area contributed by atoms with E-state index in [0.29, 0.717) is 62.0 Å². The number of aromatic nitrogens is 4. The van der Waals surface area contributed by atoms with Crippen molar-refractivity contribution in [3.63, 3.8) is 0 Å². The molecule has 1 aromatic carbocycles. The number of hydrogen-bond acceptors (Lipinski definition) is 6. The number of aryl methyl sites for hydroxylation is 3. The Morgan fingerprint density at radius 3 is 2.68 bits per heavy atom. The molecule has 2 unspecified atom stereocenters. The summed E-state index contributed by atoms with van der Waals surface area (Å²) in [7, 11) is 1.84. The molecule has 2 amide bonds. The van der Waals surface area contributed by atoms with Gasteiger partial charge >= 0.3 is 0 Å². The number of ether oxygens (including phenoxy) is 2. The van der Waals surface area contributed by atoms with Crippen molar-refractivity contribution in [3.05, 3.63) is 65.5 Å². The van der Waals surface area contributed by atoms with Crippen LogP contribution in [0.1, 0.15) is 61.2 Å². The summed E-state index contributed by atoms with van der Waals surface area (Å²) in [5.74, 6) is 0.635. The Morgan fingerprint density at radius 2 is 2.00 bits per heavy atom. The molecule has 0 radical (unpaired) electrons. The Bertz CT molecular complexity index is 1380. The van der Waals surface area contributed by atoms with Gasteiger partial charge in [0.2, 0.25) is 0 Å². The highest BCUT2D eigenvalue weighted by Crippen LogP contribution is 2.33. The van der Waals surface area contributed by atoms with Crippen LogP contribution >= 0.6 is 0 Å². The smallest absolute Gasteiger partial charge is 0.253 e. The molecular weight excluding hydrogens is 527 g/mol. The molecule has 3 aromatic rings. The van der Waals surface area contributed by atoms with E-state index < -0.39 is 18.1 Å². The largest absolute Gasteiger partial charge is 0.381 e. The number of rotatable bonds is 10. The molecular formula is C30H39FN6O4. The highest BCUT2D eigenvalue weighted by Gasteiger charge is 2.42. The minimum atomic E-state index is -1.01. The number of nitrogens with zero attached hydrogens (tertiary/aromatic N) is 5. The van der Waals surface area contributed by atoms with Gasteiger partial charge in [-0.3, -0.25) is 9.59 Å². The van der Waals surface area contributed by atoms with Gasteiger partial charge in [-0.15, -0.1) is 0 Å². The fourth-order valence-electron chi connectivity index (χ4n) is 5.98. The monoisotopic (exact) mass is 566 g/mol. The molecule has 0 aliphatic carbocycles. The Balaban J connectivity index is 1.57. The van der Waals surface area contributed by atoms with Crippen LogP contribution in [0.25, 0.3) is 0 Å². The van der Waals surface area contributed by atoms with E-state index in [1.165, 1.54) is 12.1 Å². The van der Waals surface area contributed by atoms with E-state index in [4.69, 9.17) is 9.47 Å². The normalized spacial score (nSPS) is 18.6. The van der Waals surface area contributed by atoms with Crippen molar-refractivity contribution < 1.29 is 23.5 Å². The van der Waals surface area contributed by atoms with Gasteiger partial charge in [0.1, 0.15) is 23.6 Å². The van der Waals surface area contributed by atoms with E-state index >= 15 is 0 Å². The van der Waals surface area contributed by atoms with Crippen LogP contribution in [-0.4, -0.2) is 68.3 Å². The molecule has 2 aliphatic rings. The molecule has 5 rings (SSSR count). The number of fused-ring (bicyclic) bond motifs is 1. The summed E-state index contributed by atoms with van der Waals surface area (Å²) in [5, 5.41) is 2.98. The Labute approximate surface area is 239 Å². The second kappa shape index (κ2) is 12.5. The van der Waals surface area contributed by atoms with E-state index in [9.17, 15) is 14.0 Å². The predicted molar refractivity (Wildman–Crippen MR) is 151 cm³/mol. The predicted octanol–water partition coefficient (Wildman–Crippen LogP) is 3.90. The second-order valence-electron chi connectivity index (χ2n) is 10.9. The number of carbonyl (C=O) groups is 2. The molecule has 1 saturated heterocycles. The van der Waals surface area contributed by atoms with Crippen molar-refractivity contribution in [1.29, 1.82) is 0 Å². The molecule has 41 heavy (non-hydrogen) atoms. The Hall–Kier alpha value is -3.57. The van der Waals surface area contributed by atoms with Crippen LogP contribution in [0.15, 0.2) is 36.8 Å². The van der Waals surface area contributed by atoms with E-state index in [0.717, 1.165) is 18.7 Å². The summed E-state index contributed by atoms with van der Waals surface area (Å²) < 4.78 is 29.5. The van der Waals surface area contributed by atoms with E-state index in [2.05, 4.69) is 19.9 Å². The number of nitrogens with one attached hydrogen (secondary N) is 1. The second-order valence-corrected chi connectivity index (χ2v) is 10.9. The van der Waals surface area contributed by atoms with Gasteiger partial charge in [-0.2, -0.15) is 0 Å². The lowest BCUT2D eigenvalue weighted by Gasteiger charge is -2.38. The summed E-state index contributed by atoms with van der Waals surface area (Å²) in [6.07, 6.45) is 7.64. The average molecular weight is 567 g/mol. The molecule has 0 spiro atoms. The number of hydrogen-bond donors (Lipinski definition) is 1. The minimum Gasteiger partial charge on any atom is -0.381 e. The standard InChI is InChI=1S/C30H39FN6O4/c1-5-41-28(21-10-14-40-15-11-21)30(39)37(18-23-7-9-26-32-12-13-36(23)26)27(25-17-33-20(3)35(25)4)29(38)34-24-8-6-22(31)16-19(24)2/h6,8,12-13,16-17,21,23,27-28H,5,7,9-11,14-15,18H2,1-4H3,(H,34,38)/t23-,27?,28?/m0/s1. The van der Waals surface area contributed by atoms with Crippen LogP contribution in [-0.2, 0) is 32.5 Å². The number of amides is 2. The molecule has 10 nitrogen and oxygen atoms in total. The summed E-state index contributed by atoms with van der Waals surface area (Å²) in [4.78, 5) is 39.5. The number of halogens is 1. The molecule has 0 bridgehead atoms. The summed E-state index contributed by atoms with van der Waals surface area (Å²) in [5.41, 5.74) is 1.65. The first-order chi connectivity index (χ1) is 19.8. The first kappa shape index (κ1) is 28.9. The Kier molecular flexibility index (Phi) is 8.84. The van der Waals surface area contributed by atoms with Crippen LogP contribution in [0, 0.1) is 25.6 Å². The van der Waals surface area contributed by atoms with Crippen LogP contribution in [0.5, 0.6) is 0 Å².